The van der Waals surface area contributed by atoms with Crippen LogP contribution in [0.5, 0.6) is 5.75 Å². The summed E-state index contributed by atoms with van der Waals surface area (Å²) >= 11 is 5.74. The maximum absolute atomic E-state index is 12.0. The van der Waals surface area contributed by atoms with E-state index in [0.29, 0.717) is 21.3 Å². The van der Waals surface area contributed by atoms with Gasteiger partial charge in [-0.3, -0.25) is 9.59 Å². The maximum atomic E-state index is 12.0. The number of hydrogen-bond acceptors (Lipinski definition) is 4. The molecule has 0 heterocycles. The van der Waals surface area contributed by atoms with Crippen LogP contribution in [0.4, 0.5) is 0 Å². The molecule has 0 aliphatic rings. The zero-order valence-electron chi connectivity index (χ0n) is 11.4. The average molecular weight is 315 g/mol. The van der Waals surface area contributed by atoms with Gasteiger partial charge in [0, 0.05) is 17.3 Å². The molecule has 0 unspecified atom stereocenters. The van der Waals surface area contributed by atoms with E-state index in [9.17, 15) is 9.59 Å². The lowest BCUT2D eigenvalue weighted by Crippen LogP contribution is -2.32. The zero-order chi connectivity index (χ0) is 15.9. The number of halogens is 1. The fraction of sp³-hybridized carbons (Fsp3) is 0.0625. The number of hydrogen-bond donors (Lipinski definition) is 0. The third-order valence-electron chi connectivity index (χ3n) is 2.74. The van der Waals surface area contributed by atoms with Crippen LogP contribution in [0.1, 0.15) is 15.9 Å². The van der Waals surface area contributed by atoms with Gasteiger partial charge in [0.05, 0.1) is 11.6 Å². The largest absolute Gasteiger partial charge is 0.484 e. The minimum atomic E-state index is -0.696. The SMILES string of the molecule is N#Cc1cccc(OCC(=O)N(Cl)C(=O)c2ccccc2)c1. The van der Waals surface area contributed by atoms with Gasteiger partial charge in [-0.05, 0) is 30.3 Å². The topological polar surface area (TPSA) is 70.4 Å². The summed E-state index contributed by atoms with van der Waals surface area (Å²) in [5.41, 5.74) is 0.713. The van der Waals surface area contributed by atoms with Crippen molar-refractivity contribution < 1.29 is 14.3 Å². The van der Waals surface area contributed by atoms with Crippen molar-refractivity contribution in [2.75, 3.05) is 6.61 Å². The number of carbonyl (C=O) groups excluding carboxylic acids is 2. The molecule has 0 aromatic heterocycles. The summed E-state index contributed by atoms with van der Waals surface area (Å²) in [6.45, 7) is -0.406. The molecule has 110 valence electrons. The van der Waals surface area contributed by atoms with Gasteiger partial charge in [-0.1, -0.05) is 24.3 Å². The molecule has 0 N–H and O–H groups in total. The first kappa shape index (κ1) is 15.5. The highest BCUT2D eigenvalue weighted by Gasteiger charge is 2.21. The lowest BCUT2D eigenvalue weighted by atomic mass is 10.2. The number of rotatable bonds is 4. The highest BCUT2D eigenvalue weighted by atomic mass is 35.5. The molecule has 0 spiro atoms. The average Bonchev–Trinajstić information content (AvgIpc) is 2.59. The highest BCUT2D eigenvalue weighted by molar-refractivity contribution is 6.32. The number of carbonyl (C=O) groups is 2. The Morgan fingerprint density at radius 2 is 1.86 bits per heavy atom. The predicted molar refractivity (Wildman–Crippen MR) is 80.1 cm³/mol. The fourth-order valence-electron chi connectivity index (χ4n) is 1.66. The maximum Gasteiger partial charge on any atom is 0.282 e. The Hall–Kier alpha value is -2.84. The Balaban J connectivity index is 1.97. The summed E-state index contributed by atoms with van der Waals surface area (Å²) in [5.74, 6) is -0.968. The second-order valence-corrected chi connectivity index (χ2v) is 4.61. The molecule has 2 aromatic rings. The van der Waals surface area contributed by atoms with Crippen LogP contribution < -0.4 is 4.74 Å². The molecule has 0 fully saturated rings. The summed E-state index contributed by atoms with van der Waals surface area (Å²) in [7, 11) is 0. The number of benzene rings is 2. The van der Waals surface area contributed by atoms with E-state index < -0.39 is 18.4 Å². The molecule has 5 nitrogen and oxygen atoms in total. The monoisotopic (exact) mass is 314 g/mol. The minimum Gasteiger partial charge on any atom is -0.484 e. The van der Waals surface area contributed by atoms with Crippen molar-refractivity contribution in [3.8, 4) is 11.8 Å². The van der Waals surface area contributed by atoms with Crippen molar-refractivity contribution in [3.63, 3.8) is 0 Å². The third kappa shape index (κ3) is 3.84. The number of nitriles is 1. The summed E-state index contributed by atoms with van der Waals surface area (Å²) in [5, 5.41) is 8.78. The van der Waals surface area contributed by atoms with E-state index in [2.05, 4.69) is 0 Å². The predicted octanol–water partition coefficient (Wildman–Crippen LogP) is 2.76. The van der Waals surface area contributed by atoms with Gasteiger partial charge in [-0.15, -0.1) is 0 Å². The van der Waals surface area contributed by atoms with Gasteiger partial charge < -0.3 is 4.74 Å². The number of imide groups is 1. The standard InChI is InChI=1S/C16H11ClN2O3/c17-19(16(21)13-6-2-1-3-7-13)15(20)11-22-14-8-4-5-12(9-14)10-18/h1-9H,11H2. The second kappa shape index (κ2) is 7.25. The van der Waals surface area contributed by atoms with Gasteiger partial charge in [0.2, 0.25) is 0 Å². The van der Waals surface area contributed by atoms with E-state index in [1.807, 2.05) is 6.07 Å². The molecule has 0 saturated heterocycles. The molecule has 2 aromatic carbocycles. The second-order valence-electron chi connectivity index (χ2n) is 4.27. The first-order valence-corrected chi connectivity index (χ1v) is 6.66. The molecule has 0 aliphatic carbocycles. The first-order valence-electron chi connectivity index (χ1n) is 6.33. The number of ether oxygens (including phenoxy) is 1. The van der Waals surface area contributed by atoms with E-state index in [1.165, 1.54) is 6.07 Å². The number of amides is 2. The van der Waals surface area contributed by atoms with Crippen LogP contribution in [0.25, 0.3) is 0 Å². The summed E-state index contributed by atoms with van der Waals surface area (Å²) in [6, 6.07) is 16.5. The zero-order valence-corrected chi connectivity index (χ0v) is 12.2. The van der Waals surface area contributed by atoms with E-state index in [1.54, 1.807) is 48.5 Å². The molecule has 0 atom stereocenters. The fourth-order valence-corrected chi connectivity index (χ4v) is 1.81. The summed E-state index contributed by atoms with van der Waals surface area (Å²) in [4.78, 5) is 23.8. The van der Waals surface area contributed by atoms with Crippen LogP contribution in [-0.2, 0) is 4.79 Å². The first-order chi connectivity index (χ1) is 10.6. The van der Waals surface area contributed by atoms with Crippen molar-refractivity contribution in [3.05, 3.63) is 65.7 Å². The smallest absolute Gasteiger partial charge is 0.282 e. The normalized spacial score (nSPS) is 9.64. The van der Waals surface area contributed by atoms with Crippen LogP contribution in [0.3, 0.4) is 0 Å². The molecule has 2 amide bonds. The van der Waals surface area contributed by atoms with E-state index in [4.69, 9.17) is 21.8 Å². The highest BCUT2D eigenvalue weighted by Crippen LogP contribution is 2.13. The van der Waals surface area contributed by atoms with E-state index in [-0.39, 0.29) is 0 Å². The molecule has 0 aliphatic heterocycles. The van der Waals surface area contributed by atoms with Crippen molar-refractivity contribution in [2.45, 2.75) is 0 Å². The van der Waals surface area contributed by atoms with Gasteiger partial charge in [-0.25, -0.2) is 0 Å². The lowest BCUT2D eigenvalue weighted by Gasteiger charge is -2.13. The quantitative estimate of drug-likeness (QED) is 0.814. The molecule has 2 rings (SSSR count). The molecule has 0 radical (unpaired) electrons. The molecular formula is C16H11ClN2O3. The molecule has 22 heavy (non-hydrogen) atoms. The van der Waals surface area contributed by atoms with Gasteiger partial charge >= 0.3 is 0 Å². The lowest BCUT2D eigenvalue weighted by molar-refractivity contribution is -0.126. The molecule has 0 bridgehead atoms. The van der Waals surface area contributed by atoms with Crippen LogP contribution in [0, 0.1) is 11.3 Å². The summed E-state index contributed by atoms with van der Waals surface area (Å²) in [6.07, 6.45) is 0. The Morgan fingerprint density at radius 1 is 1.14 bits per heavy atom. The van der Waals surface area contributed by atoms with Crippen LogP contribution in [-0.4, -0.2) is 22.8 Å². The molecular weight excluding hydrogens is 304 g/mol. The van der Waals surface area contributed by atoms with Gasteiger partial charge in [-0.2, -0.15) is 9.68 Å². The third-order valence-corrected chi connectivity index (χ3v) is 3.09. The number of nitrogens with zero attached hydrogens (tertiary/aromatic N) is 2. The Kier molecular flexibility index (Phi) is 5.12. The van der Waals surface area contributed by atoms with Crippen molar-refractivity contribution >= 4 is 23.6 Å². The van der Waals surface area contributed by atoms with Crippen molar-refractivity contribution in [2.24, 2.45) is 0 Å². The van der Waals surface area contributed by atoms with Gasteiger partial charge in [0.25, 0.3) is 11.8 Å². The minimum absolute atomic E-state index is 0.303. The van der Waals surface area contributed by atoms with Gasteiger partial charge in [0.1, 0.15) is 5.75 Å². The van der Waals surface area contributed by atoms with E-state index in [0.717, 1.165) is 0 Å². The van der Waals surface area contributed by atoms with Crippen LogP contribution >= 0.6 is 11.8 Å². The van der Waals surface area contributed by atoms with E-state index >= 15 is 0 Å². The Morgan fingerprint density at radius 3 is 2.55 bits per heavy atom. The van der Waals surface area contributed by atoms with Crippen LogP contribution in [0.15, 0.2) is 54.6 Å². The van der Waals surface area contributed by atoms with Gasteiger partial charge in [0.15, 0.2) is 6.61 Å². The van der Waals surface area contributed by atoms with Crippen LogP contribution in [0.2, 0.25) is 0 Å². The molecule has 0 saturated carbocycles. The summed E-state index contributed by atoms with van der Waals surface area (Å²) < 4.78 is 5.73. The van der Waals surface area contributed by atoms with Crippen molar-refractivity contribution in [1.29, 1.82) is 5.26 Å². The molecule has 6 heteroatoms. The van der Waals surface area contributed by atoms with Crippen molar-refractivity contribution in [1.82, 2.24) is 4.42 Å². The Bertz CT molecular complexity index is 726. The Labute approximate surface area is 132 Å².